The summed E-state index contributed by atoms with van der Waals surface area (Å²) < 4.78 is 11.9. The standard InChI is InChI=1S/C27H37BrN2O4/c1-8-23(26(32)29-27(4,5)6)30(16-19-9-12-21(33-7)13-10-19)25(31)17-34-24-14-11-20(18(2)3)15-22(24)28/h9-15,18,23H,8,16-17H2,1-7H3,(H,29,32)/t23-/m0/s1. The molecule has 7 heteroatoms. The van der Waals surface area contributed by atoms with Crippen molar-refractivity contribution in [3.8, 4) is 11.5 Å². The second-order valence-electron chi connectivity index (χ2n) is 9.67. The van der Waals surface area contributed by atoms with Gasteiger partial charge in [-0.25, -0.2) is 0 Å². The van der Waals surface area contributed by atoms with Crippen LogP contribution in [0, 0.1) is 0 Å². The van der Waals surface area contributed by atoms with Crippen molar-refractivity contribution in [1.29, 1.82) is 0 Å². The Labute approximate surface area is 212 Å². The zero-order chi connectivity index (χ0) is 25.5. The molecule has 0 saturated carbocycles. The Hall–Kier alpha value is -2.54. The first-order chi connectivity index (χ1) is 15.9. The minimum Gasteiger partial charge on any atom is -0.497 e. The summed E-state index contributed by atoms with van der Waals surface area (Å²) in [7, 11) is 1.61. The van der Waals surface area contributed by atoms with Gasteiger partial charge in [0, 0.05) is 12.1 Å². The summed E-state index contributed by atoms with van der Waals surface area (Å²) in [6.45, 7) is 12.0. The molecule has 0 unspecified atom stereocenters. The zero-order valence-electron chi connectivity index (χ0n) is 21.3. The van der Waals surface area contributed by atoms with E-state index in [0.717, 1.165) is 15.8 Å². The molecule has 2 aromatic rings. The highest BCUT2D eigenvalue weighted by Crippen LogP contribution is 2.29. The Bertz CT molecular complexity index is 968. The van der Waals surface area contributed by atoms with Gasteiger partial charge < -0.3 is 19.7 Å². The molecule has 2 aromatic carbocycles. The van der Waals surface area contributed by atoms with Crippen LogP contribution in [-0.2, 0) is 16.1 Å². The van der Waals surface area contributed by atoms with Gasteiger partial charge in [-0.15, -0.1) is 0 Å². The lowest BCUT2D eigenvalue weighted by Crippen LogP contribution is -2.54. The van der Waals surface area contributed by atoms with Crippen molar-refractivity contribution in [2.75, 3.05) is 13.7 Å². The van der Waals surface area contributed by atoms with E-state index in [-0.39, 0.29) is 25.0 Å². The number of methoxy groups -OCH3 is 1. The molecule has 2 amide bonds. The van der Waals surface area contributed by atoms with Gasteiger partial charge in [-0.3, -0.25) is 9.59 Å². The minimum atomic E-state index is -0.621. The molecule has 6 nitrogen and oxygen atoms in total. The molecule has 1 N–H and O–H groups in total. The third-order valence-electron chi connectivity index (χ3n) is 5.37. The normalized spacial score (nSPS) is 12.3. The van der Waals surface area contributed by atoms with Crippen LogP contribution in [0.1, 0.15) is 65.0 Å². The Balaban J connectivity index is 2.25. The topological polar surface area (TPSA) is 67.9 Å². The number of ether oxygens (including phenoxy) is 2. The minimum absolute atomic E-state index is 0.172. The van der Waals surface area contributed by atoms with Gasteiger partial charge >= 0.3 is 0 Å². The molecule has 0 bridgehead atoms. The monoisotopic (exact) mass is 532 g/mol. The molecular formula is C27H37BrN2O4. The van der Waals surface area contributed by atoms with E-state index in [2.05, 4.69) is 35.1 Å². The molecule has 0 radical (unpaired) electrons. The Morgan fingerprint density at radius 3 is 2.24 bits per heavy atom. The fourth-order valence-corrected chi connectivity index (χ4v) is 4.03. The van der Waals surface area contributed by atoms with Gasteiger partial charge in [-0.2, -0.15) is 0 Å². The summed E-state index contributed by atoms with van der Waals surface area (Å²) >= 11 is 3.54. The van der Waals surface area contributed by atoms with Crippen LogP contribution in [0.15, 0.2) is 46.9 Å². The van der Waals surface area contributed by atoms with Gasteiger partial charge in [-0.05, 0) is 84.4 Å². The number of hydrogen-bond donors (Lipinski definition) is 1. The van der Waals surface area contributed by atoms with E-state index >= 15 is 0 Å². The average Bonchev–Trinajstić information content (AvgIpc) is 2.77. The lowest BCUT2D eigenvalue weighted by Gasteiger charge is -2.33. The lowest BCUT2D eigenvalue weighted by atomic mass is 10.0. The second kappa shape index (κ2) is 12.2. The largest absolute Gasteiger partial charge is 0.497 e. The first-order valence-corrected chi connectivity index (χ1v) is 12.4. The quantitative estimate of drug-likeness (QED) is 0.427. The summed E-state index contributed by atoms with van der Waals surface area (Å²) in [4.78, 5) is 28.1. The van der Waals surface area contributed by atoms with E-state index in [0.29, 0.717) is 18.1 Å². The summed E-state index contributed by atoms with van der Waals surface area (Å²) in [5, 5.41) is 3.01. The van der Waals surface area contributed by atoms with E-state index < -0.39 is 11.6 Å². The first kappa shape index (κ1) is 27.7. The Morgan fingerprint density at radius 1 is 1.09 bits per heavy atom. The highest BCUT2D eigenvalue weighted by Gasteiger charge is 2.31. The van der Waals surface area contributed by atoms with Crippen LogP contribution < -0.4 is 14.8 Å². The van der Waals surface area contributed by atoms with Crippen LogP contribution in [0.2, 0.25) is 0 Å². The van der Waals surface area contributed by atoms with Crippen LogP contribution in [0.5, 0.6) is 11.5 Å². The predicted molar refractivity (Wildman–Crippen MR) is 139 cm³/mol. The van der Waals surface area contributed by atoms with Crippen molar-refractivity contribution in [2.45, 2.75) is 72.0 Å². The van der Waals surface area contributed by atoms with E-state index in [1.807, 2.05) is 70.2 Å². The highest BCUT2D eigenvalue weighted by molar-refractivity contribution is 9.10. The third kappa shape index (κ3) is 8.05. The molecule has 1 atom stereocenters. The molecule has 0 aliphatic heterocycles. The average molecular weight is 534 g/mol. The van der Waals surface area contributed by atoms with E-state index in [1.165, 1.54) is 5.56 Å². The van der Waals surface area contributed by atoms with Gasteiger partial charge in [0.25, 0.3) is 5.91 Å². The maximum atomic E-state index is 13.4. The molecule has 2 rings (SSSR count). The fraction of sp³-hybridized carbons (Fsp3) is 0.481. The summed E-state index contributed by atoms with van der Waals surface area (Å²) in [6, 6.07) is 12.7. The van der Waals surface area contributed by atoms with Gasteiger partial charge in [0.2, 0.25) is 5.91 Å². The number of benzene rings is 2. The molecule has 0 aromatic heterocycles. The van der Waals surface area contributed by atoms with E-state index in [4.69, 9.17) is 9.47 Å². The van der Waals surface area contributed by atoms with Crippen molar-refractivity contribution in [3.05, 3.63) is 58.1 Å². The van der Waals surface area contributed by atoms with E-state index in [1.54, 1.807) is 12.0 Å². The predicted octanol–water partition coefficient (Wildman–Crippen LogP) is 5.68. The molecule has 0 saturated heterocycles. The van der Waals surface area contributed by atoms with Crippen LogP contribution in [0.4, 0.5) is 0 Å². The van der Waals surface area contributed by atoms with Crippen molar-refractivity contribution < 1.29 is 19.1 Å². The molecule has 0 aliphatic rings. The molecule has 0 spiro atoms. The lowest BCUT2D eigenvalue weighted by molar-refractivity contribution is -0.143. The van der Waals surface area contributed by atoms with E-state index in [9.17, 15) is 9.59 Å². The van der Waals surface area contributed by atoms with Gasteiger partial charge in [-0.1, -0.05) is 39.0 Å². The number of carbonyl (C=O) groups excluding carboxylic acids is 2. The third-order valence-corrected chi connectivity index (χ3v) is 5.99. The summed E-state index contributed by atoms with van der Waals surface area (Å²) in [5.41, 5.74) is 1.67. The van der Waals surface area contributed by atoms with Crippen molar-refractivity contribution >= 4 is 27.7 Å². The van der Waals surface area contributed by atoms with Crippen molar-refractivity contribution in [3.63, 3.8) is 0 Å². The number of nitrogens with zero attached hydrogens (tertiary/aromatic N) is 1. The summed E-state index contributed by atoms with van der Waals surface area (Å²) in [6.07, 6.45) is 0.483. The van der Waals surface area contributed by atoms with Gasteiger partial charge in [0.1, 0.15) is 17.5 Å². The summed E-state index contributed by atoms with van der Waals surface area (Å²) in [5.74, 6) is 1.27. The number of rotatable bonds is 10. The highest BCUT2D eigenvalue weighted by atomic mass is 79.9. The van der Waals surface area contributed by atoms with Crippen molar-refractivity contribution in [1.82, 2.24) is 10.2 Å². The SMILES string of the molecule is CC[C@@H](C(=O)NC(C)(C)C)N(Cc1ccc(OC)cc1)C(=O)COc1ccc(C(C)C)cc1Br. The van der Waals surface area contributed by atoms with Gasteiger partial charge in [0.05, 0.1) is 11.6 Å². The van der Waals surface area contributed by atoms with Crippen molar-refractivity contribution in [2.24, 2.45) is 0 Å². The molecule has 0 fully saturated rings. The number of amides is 2. The van der Waals surface area contributed by atoms with Gasteiger partial charge in [0.15, 0.2) is 6.61 Å². The molecule has 0 heterocycles. The first-order valence-electron chi connectivity index (χ1n) is 11.6. The smallest absolute Gasteiger partial charge is 0.261 e. The molecule has 186 valence electrons. The number of halogens is 1. The van der Waals surface area contributed by atoms with Crippen LogP contribution in [-0.4, -0.2) is 42.0 Å². The number of carbonyl (C=O) groups is 2. The van der Waals surface area contributed by atoms with Crippen LogP contribution in [0.25, 0.3) is 0 Å². The maximum Gasteiger partial charge on any atom is 0.261 e. The number of nitrogens with one attached hydrogen (secondary N) is 1. The zero-order valence-corrected chi connectivity index (χ0v) is 22.9. The van der Waals surface area contributed by atoms with Crippen LogP contribution in [0.3, 0.4) is 0 Å². The second-order valence-corrected chi connectivity index (χ2v) is 10.5. The molecule has 34 heavy (non-hydrogen) atoms. The molecular weight excluding hydrogens is 496 g/mol. The number of hydrogen-bond acceptors (Lipinski definition) is 4. The Morgan fingerprint density at radius 2 is 1.74 bits per heavy atom. The Kier molecular flexibility index (Phi) is 9.98. The van der Waals surface area contributed by atoms with Crippen LogP contribution >= 0.6 is 15.9 Å². The fourth-order valence-electron chi connectivity index (χ4n) is 3.52. The molecule has 0 aliphatic carbocycles. The maximum absolute atomic E-state index is 13.4.